The second-order valence-corrected chi connectivity index (χ2v) is 15.5. The number of aromatic hydroxyl groups is 1. The van der Waals surface area contributed by atoms with Crippen LogP contribution in [0.2, 0.25) is 0 Å². The third kappa shape index (κ3) is 6.93. The van der Waals surface area contributed by atoms with E-state index < -0.39 is 0 Å². The monoisotopic (exact) mass is 704 g/mol. The molecule has 0 aliphatic heterocycles. The largest absolute Gasteiger partial charge is 0.507 e. The van der Waals surface area contributed by atoms with Crippen molar-refractivity contribution in [3.63, 3.8) is 0 Å². The van der Waals surface area contributed by atoms with Gasteiger partial charge >= 0.3 is 0 Å². The van der Waals surface area contributed by atoms with E-state index in [1.165, 1.54) is 11.1 Å². The van der Waals surface area contributed by atoms with Gasteiger partial charge in [-0.3, -0.25) is 9.55 Å². The van der Waals surface area contributed by atoms with Crippen LogP contribution in [0.3, 0.4) is 0 Å². The van der Waals surface area contributed by atoms with Crippen LogP contribution in [0.15, 0.2) is 152 Å². The molecule has 1 N–H and O–H groups in total. The standard InChI is InChI=1S/C49H44N4O/c1-32(2)25-33-23-24-42(50-31-33)38-26-37(27-39(28-38)49(3,4)5)40-20-14-21-44-47(40)52-48(41-19-12-13-22-45(41)54)53(44)46-30-36(34-15-8-6-9-16-34)29-43(51-46)35-17-10-7-11-18-35/h6-24,26-32,54H,25H2,1-5H3. The summed E-state index contributed by atoms with van der Waals surface area (Å²) in [4.78, 5) is 15.6. The summed E-state index contributed by atoms with van der Waals surface area (Å²) in [7, 11) is 0. The van der Waals surface area contributed by atoms with E-state index in [1.807, 2.05) is 48.7 Å². The first kappa shape index (κ1) is 34.7. The van der Waals surface area contributed by atoms with Gasteiger partial charge < -0.3 is 5.11 Å². The van der Waals surface area contributed by atoms with Crippen LogP contribution in [0.25, 0.3) is 73.0 Å². The number of benzene rings is 5. The molecule has 266 valence electrons. The van der Waals surface area contributed by atoms with Crippen molar-refractivity contribution in [1.82, 2.24) is 19.5 Å². The van der Waals surface area contributed by atoms with E-state index in [-0.39, 0.29) is 11.2 Å². The van der Waals surface area contributed by atoms with Gasteiger partial charge in [0.2, 0.25) is 0 Å². The van der Waals surface area contributed by atoms with Crippen LogP contribution in [0.4, 0.5) is 0 Å². The molecule has 8 aromatic rings. The summed E-state index contributed by atoms with van der Waals surface area (Å²) in [6.45, 7) is 11.2. The molecule has 0 atom stereocenters. The lowest BCUT2D eigenvalue weighted by Gasteiger charge is -2.21. The summed E-state index contributed by atoms with van der Waals surface area (Å²) in [5.41, 5.74) is 12.7. The molecule has 0 aliphatic rings. The smallest absolute Gasteiger partial charge is 0.150 e. The molecule has 0 saturated carbocycles. The molecule has 5 heteroatoms. The van der Waals surface area contributed by atoms with Gasteiger partial charge in [-0.2, -0.15) is 0 Å². The first-order valence-electron chi connectivity index (χ1n) is 18.7. The Morgan fingerprint density at radius 3 is 1.96 bits per heavy atom. The fraction of sp³-hybridized carbons (Fsp3) is 0.163. The zero-order valence-corrected chi connectivity index (χ0v) is 31.5. The number of pyridine rings is 2. The van der Waals surface area contributed by atoms with Gasteiger partial charge in [-0.05, 0) is 94.1 Å². The zero-order valence-electron chi connectivity index (χ0n) is 31.5. The molecule has 3 heterocycles. The molecule has 0 bridgehead atoms. The third-order valence-corrected chi connectivity index (χ3v) is 9.92. The number of phenols is 1. The van der Waals surface area contributed by atoms with Crippen LogP contribution in [0.5, 0.6) is 5.75 Å². The zero-order chi connectivity index (χ0) is 37.4. The van der Waals surface area contributed by atoms with Crippen LogP contribution in [0.1, 0.15) is 45.7 Å². The first-order valence-corrected chi connectivity index (χ1v) is 18.7. The lowest BCUT2D eigenvalue weighted by molar-refractivity contribution is 0.477. The van der Waals surface area contributed by atoms with Crippen molar-refractivity contribution in [3.05, 3.63) is 163 Å². The van der Waals surface area contributed by atoms with Crippen LogP contribution in [-0.4, -0.2) is 24.6 Å². The van der Waals surface area contributed by atoms with Gasteiger partial charge in [0.1, 0.15) is 11.6 Å². The third-order valence-electron chi connectivity index (χ3n) is 9.92. The van der Waals surface area contributed by atoms with Gasteiger partial charge in [0.05, 0.1) is 28.0 Å². The summed E-state index contributed by atoms with van der Waals surface area (Å²) in [5, 5.41) is 11.3. The molecule has 0 amide bonds. The van der Waals surface area contributed by atoms with Crippen LogP contribution in [-0.2, 0) is 11.8 Å². The Morgan fingerprint density at radius 1 is 0.593 bits per heavy atom. The van der Waals surface area contributed by atoms with Crippen molar-refractivity contribution < 1.29 is 5.11 Å². The van der Waals surface area contributed by atoms with E-state index in [1.54, 1.807) is 6.07 Å². The molecule has 5 aromatic carbocycles. The van der Waals surface area contributed by atoms with Gasteiger partial charge in [0, 0.05) is 22.9 Å². The summed E-state index contributed by atoms with van der Waals surface area (Å²) < 4.78 is 2.09. The number of para-hydroxylation sites is 2. The predicted molar refractivity (Wildman–Crippen MR) is 223 cm³/mol. The Morgan fingerprint density at radius 2 is 1.28 bits per heavy atom. The highest BCUT2D eigenvalue weighted by molar-refractivity contribution is 5.97. The highest BCUT2D eigenvalue weighted by atomic mass is 16.3. The minimum Gasteiger partial charge on any atom is -0.507 e. The van der Waals surface area contributed by atoms with Gasteiger partial charge in [-0.1, -0.05) is 132 Å². The Bertz CT molecular complexity index is 2520. The quantitative estimate of drug-likeness (QED) is 0.171. The minimum atomic E-state index is -0.105. The van der Waals surface area contributed by atoms with Crippen molar-refractivity contribution in [1.29, 1.82) is 0 Å². The topological polar surface area (TPSA) is 63.8 Å². The summed E-state index contributed by atoms with van der Waals surface area (Å²) in [6, 6.07) is 49.7. The highest BCUT2D eigenvalue weighted by Crippen LogP contribution is 2.40. The van der Waals surface area contributed by atoms with Crippen LogP contribution < -0.4 is 0 Å². The second kappa shape index (κ2) is 14.2. The van der Waals surface area contributed by atoms with Gasteiger partial charge in [0.25, 0.3) is 0 Å². The number of phenolic OH excluding ortho intramolecular Hbond substituents is 1. The van der Waals surface area contributed by atoms with Crippen LogP contribution in [0, 0.1) is 5.92 Å². The maximum Gasteiger partial charge on any atom is 0.150 e. The van der Waals surface area contributed by atoms with Gasteiger partial charge in [0.15, 0.2) is 5.82 Å². The van der Waals surface area contributed by atoms with Crippen molar-refractivity contribution in [2.24, 2.45) is 5.92 Å². The molecule has 0 spiro atoms. The summed E-state index contributed by atoms with van der Waals surface area (Å²) in [5.74, 6) is 2.05. The molecule has 5 nitrogen and oxygen atoms in total. The predicted octanol–water partition coefficient (Wildman–Crippen LogP) is 12.4. The van der Waals surface area contributed by atoms with Crippen molar-refractivity contribution >= 4 is 11.0 Å². The number of imidazole rings is 1. The molecule has 0 aliphatic carbocycles. The average Bonchev–Trinajstić information content (AvgIpc) is 3.58. The number of hydrogen-bond donors (Lipinski definition) is 1. The molecule has 0 fully saturated rings. The van der Waals surface area contributed by atoms with Crippen LogP contribution >= 0.6 is 0 Å². The molecule has 8 rings (SSSR count). The number of fused-ring (bicyclic) bond motifs is 1. The Balaban J connectivity index is 1.38. The maximum absolute atomic E-state index is 11.3. The normalized spacial score (nSPS) is 11.7. The maximum atomic E-state index is 11.3. The van der Waals surface area contributed by atoms with Crippen molar-refractivity contribution in [2.45, 2.75) is 46.5 Å². The molecule has 0 radical (unpaired) electrons. The average molecular weight is 705 g/mol. The number of nitrogens with zero attached hydrogens (tertiary/aromatic N) is 4. The first-order chi connectivity index (χ1) is 26.1. The number of hydrogen-bond acceptors (Lipinski definition) is 4. The van der Waals surface area contributed by atoms with E-state index in [9.17, 15) is 5.11 Å². The fourth-order valence-corrected chi connectivity index (χ4v) is 7.14. The van der Waals surface area contributed by atoms with E-state index in [2.05, 4.69) is 136 Å². The van der Waals surface area contributed by atoms with Gasteiger partial charge in [-0.15, -0.1) is 0 Å². The molecular formula is C49H44N4O. The molecule has 3 aromatic heterocycles. The SMILES string of the molecule is CC(C)Cc1ccc(-c2cc(-c3cccc4c3nc(-c3ccccc3O)n4-c3cc(-c4ccccc4)cc(-c4ccccc4)n3)cc(C(C)(C)C)c2)nc1. The van der Waals surface area contributed by atoms with Crippen molar-refractivity contribution in [3.8, 4) is 67.7 Å². The van der Waals surface area contributed by atoms with E-state index >= 15 is 0 Å². The van der Waals surface area contributed by atoms with E-state index in [0.29, 0.717) is 23.1 Å². The molecule has 54 heavy (non-hydrogen) atoms. The summed E-state index contributed by atoms with van der Waals surface area (Å²) >= 11 is 0. The highest BCUT2D eigenvalue weighted by Gasteiger charge is 2.23. The Hall–Kier alpha value is -6.33. The Kier molecular flexibility index (Phi) is 9.16. The molecular weight excluding hydrogens is 661 g/mol. The van der Waals surface area contributed by atoms with E-state index in [4.69, 9.17) is 15.0 Å². The number of rotatable bonds is 8. The fourth-order valence-electron chi connectivity index (χ4n) is 7.14. The molecule has 0 unspecified atom stereocenters. The lowest BCUT2D eigenvalue weighted by atomic mass is 9.83. The van der Waals surface area contributed by atoms with Crippen molar-refractivity contribution in [2.75, 3.05) is 0 Å². The summed E-state index contributed by atoms with van der Waals surface area (Å²) in [6.07, 6.45) is 3.01. The lowest BCUT2D eigenvalue weighted by Crippen LogP contribution is -2.11. The van der Waals surface area contributed by atoms with Gasteiger partial charge in [-0.25, -0.2) is 9.97 Å². The molecule has 0 saturated heterocycles. The minimum absolute atomic E-state index is 0.105. The number of aromatic nitrogens is 4. The van der Waals surface area contributed by atoms with E-state index in [0.717, 1.165) is 62.2 Å². The Labute approximate surface area is 317 Å². The second-order valence-electron chi connectivity index (χ2n) is 15.5.